The van der Waals surface area contributed by atoms with Gasteiger partial charge >= 0.3 is 6.01 Å². The number of likely N-dealkylation sites (tertiary alicyclic amines) is 1. The summed E-state index contributed by atoms with van der Waals surface area (Å²) in [5, 5.41) is 22.4. The van der Waals surface area contributed by atoms with Crippen LogP contribution in [0, 0.1) is 22.5 Å². The fraction of sp³-hybridized carbons (Fsp3) is 0.575. The molecule has 13 heteroatoms. The molecule has 4 aliphatic rings. The summed E-state index contributed by atoms with van der Waals surface area (Å²) in [4.78, 5) is 18.6. The van der Waals surface area contributed by atoms with Crippen molar-refractivity contribution in [3.63, 3.8) is 0 Å². The summed E-state index contributed by atoms with van der Waals surface area (Å²) in [7, 11) is 3.20. The Bertz CT molecular complexity index is 2030. The normalized spacial score (nSPS) is 29.2. The molecule has 2 aliphatic heterocycles. The third kappa shape index (κ3) is 6.63. The number of hydrogen-bond donors (Lipinski definition) is 2. The lowest BCUT2D eigenvalue weighted by Crippen LogP contribution is -2.57. The average molecular weight is 734 g/mol. The van der Waals surface area contributed by atoms with Crippen molar-refractivity contribution >= 4 is 27.5 Å². The first-order chi connectivity index (χ1) is 25.4. The van der Waals surface area contributed by atoms with Crippen LogP contribution in [0.5, 0.6) is 17.6 Å². The van der Waals surface area contributed by atoms with Crippen molar-refractivity contribution < 1.29 is 37.9 Å². The van der Waals surface area contributed by atoms with Crippen molar-refractivity contribution in [2.24, 2.45) is 10.8 Å². The second kappa shape index (κ2) is 13.7. The van der Waals surface area contributed by atoms with Crippen molar-refractivity contribution in [2.75, 3.05) is 65.1 Å². The van der Waals surface area contributed by atoms with E-state index >= 15 is 8.78 Å². The van der Waals surface area contributed by atoms with Gasteiger partial charge in [0.25, 0.3) is 0 Å². The molecule has 0 bridgehead atoms. The Morgan fingerprint density at radius 3 is 2.62 bits per heavy atom. The van der Waals surface area contributed by atoms with Crippen LogP contribution in [0.25, 0.3) is 32.9 Å². The third-order valence-corrected chi connectivity index (χ3v) is 12.1. The monoisotopic (exact) mass is 733 g/mol. The molecular formula is C40H49F2N5O6. The van der Waals surface area contributed by atoms with Crippen LogP contribution in [0.15, 0.2) is 30.3 Å². The van der Waals surface area contributed by atoms with Gasteiger partial charge in [0, 0.05) is 42.6 Å². The van der Waals surface area contributed by atoms with Gasteiger partial charge in [-0.2, -0.15) is 9.97 Å². The van der Waals surface area contributed by atoms with Crippen molar-refractivity contribution in [1.29, 1.82) is 0 Å². The number of methoxy groups -OCH3 is 2. The zero-order chi connectivity index (χ0) is 37.1. The summed E-state index contributed by atoms with van der Waals surface area (Å²) in [6.07, 6.45) is 7.75. The number of aromatic hydroxyl groups is 1. The fourth-order valence-electron chi connectivity index (χ4n) is 9.69. The zero-order valence-electron chi connectivity index (χ0n) is 31.0. The minimum Gasteiger partial charge on any atom is -0.508 e. The molecule has 0 spiro atoms. The quantitative estimate of drug-likeness (QED) is 0.203. The van der Waals surface area contributed by atoms with Crippen molar-refractivity contribution in [2.45, 2.75) is 76.5 Å². The van der Waals surface area contributed by atoms with Crippen molar-refractivity contribution in [3.05, 3.63) is 42.0 Å². The van der Waals surface area contributed by atoms with Gasteiger partial charge < -0.3 is 34.1 Å². The molecule has 0 radical (unpaired) electrons. The molecule has 2 saturated carbocycles. The van der Waals surface area contributed by atoms with E-state index in [1.165, 1.54) is 31.4 Å². The molecule has 0 amide bonds. The van der Waals surface area contributed by atoms with E-state index in [1.54, 1.807) is 20.1 Å². The lowest BCUT2D eigenvalue weighted by molar-refractivity contribution is -0.0877. The van der Waals surface area contributed by atoms with Crippen molar-refractivity contribution in [1.82, 2.24) is 19.9 Å². The van der Waals surface area contributed by atoms with E-state index in [0.717, 1.165) is 58.0 Å². The summed E-state index contributed by atoms with van der Waals surface area (Å²) in [6.45, 7) is 7.39. The number of pyridine rings is 1. The van der Waals surface area contributed by atoms with Gasteiger partial charge in [0.05, 0.1) is 39.6 Å². The van der Waals surface area contributed by atoms with Crippen LogP contribution in [0.1, 0.15) is 58.8 Å². The van der Waals surface area contributed by atoms with E-state index in [9.17, 15) is 10.2 Å². The number of nitrogens with zero attached hydrogens (tertiary/aromatic N) is 5. The highest BCUT2D eigenvalue weighted by Crippen LogP contribution is 2.51. The van der Waals surface area contributed by atoms with E-state index in [-0.39, 0.29) is 75.0 Å². The Hall–Kier alpha value is -3.91. The van der Waals surface area contributed by atoms with Gasteiger partial charge in [0.1, 0.15) is 39.6 Å². The molecule has 4 aromatic rings. The van der Waals surface area contributed by atoms with E-state index in [1.807, 2.05) is 4.90 Å². The number of halogens is 2. The average Bonchev–Trinajstić information content (AvgIpc) is 3.47. The van der Waals surface area contributed by atoms with Gasteiger partial charge in [-0.3, -0.25) is 4.90 Å². The second-order valence-corrected chi connectivity index (χ2v) is 16.3. The maximum atomic E-state index is 17.2. The van der Waals surface area contributed by atoms with Crippen LogP contribution in [0.2, 0.25) is 0 Å². The molecule has 0 unspecified atom stereocenters. The molecule has 53 heavy (non-hydrogen) atoms. The summed E-state index contributed by atoms with van der Waals surface area (Å²) in [6, 6.07) is 7.51. The number of hydrogen-bond acceptors (Lipinski definition) is 11. The number of ether oxygens (including phenoxy) is 4. The lowest BCUT2D eigenvalue weighted by atomic mass is 9.66. The SMILES string of the molecule is COc1nc(-c2cc(O)cc3cccc(F)c23)c(F)c2nc(OC[C@]34CCC[C@H]3N(CC3(C)CC(OC)C3)CCC4)nc(N3CCOC[C@@](C)(O)C3)c12. The molecule has 2 aliphatic carbocycles. The van der Waals surface area contributed by atoms with Crippen LogP contribution in [0.3, 0.4) is 0 Å². The molecule has 4 fully saturated rings. The Kier molecular flexibility index (Phi) is 9.36. The van der Waals surface area contributed by atoms with Crippen LogP contribution < -0.4 is 14.4 Å². The number of phenols is 1. The predicted molar refractivity (Wildman–Crippen MR) is 197 cm³/mol. The zero-order valence-corrected chi connectivity index (χ0v) is 31.0. The van der Waals surface area contributed by atoms with Gasteiger partial charge in [-0.25, -0.2) is 13.8 Å². The Labute approximate surface area is 308 Å². The summed E-state index contributed by atoms with van der Waals surface area (Å²) >= 11 is 0. The smallest absolute Gasteiger partial charge is 0.319 e. The Morgan fingerprint density at radius 1 is 1.02 bits per heavy atom. The molecular weight excluding hydrogens is 684 g/mol. The van der Waals surface area contributed by atoms with Gasteiger partial charge in [-0.05, 0) is 81.0 Å². The molecule has 2 aromatic heterocycles. The van der Waals surface area contributed by atoms with Crippen LogP contribution in [0.4, 0.5) is 14.6 Å². The highest BCUT2D eigenvalue weighted by molar-refractivity contribution is 6.02. The first-order valence-corrected chi connectivity index (χ1v) is 18.7. The number of anilines is 1. The molecule has 2 saturated heterocycles. The first kappa shape index (κ1) is 36.1. The first-order valence-electron chi connectivity index (χ1n) is 18.7. The number of aliphatic hydroxyl groups is 1. The molecule has 2 aromatic carbocycles. The Morgan fingerprint density at radius 2 is 1.83 bits per heavy atom. The molecule has 284 valence electrons. The summed E-state index contributed by atoms with van der Waals surface area (Å²) in [5.74, 6) is -1.31. The fourth-order valence-corrected chi connectivity index (χ4v) is 9.69. The molecule has 2 N–H and O–H groups in total. The number of benzene rings is 2. The third-order valence-electron chi connectivity index (χ3n) is 12.1. The van der Waals surface area contributed by atoms with Gasteiger partial charge in [0.15, 0.2) is 5.82 Å². The minimum absolute atomic E-state index is 0.00611. The molecule has 11 nitrogen and oxygen atoms in total. The van der Waals surface area contributed by atoms with E-state index in [4.69, 9.17) is 28.9 Å². The molecule has 4 heterocycles. The number of β-amino-alcohol motifs (C(OH)–C–C–N with tert-alkyl or cyclic N) is 1. The van der Waals surface area contributed by atoms with Crippen LogP contribution in [-0.4, -0.2) is 108 Å². The van der Waals surface area contributed by atoms with E-state index in [2.05, 4.69) is 16.8 Å². The molecule has 3 atom stereocenters. The largest absolute Gasteiger partial charge is 0.508 e. The van der Waals surface area contributed by atoms with E-state index in [0.29, 0.717) is 37.3 Å². The van der Waals surface area contributed by atoms with E-state index < -0.39 is 17.2 Å². The van der Waals surface area contributed by atoms with Gasteiger partial charge in [0.2, 0.25) is 5.88 Å². The minimum atomic E-state index is -1.23. The number of fused-ring (bicyclic) bond motifs is 3. The van der Waals surface area contributed by atoms with Gasteiger partial charge in [-0.1, -0.05) is 25.5 Å². The topological polar surface area (TPSA) is 123 Å². The lowest BCUT2D eigenvalue weighted by Gasteiger charge is -2.52. The van der Waals surface area contributed by atoms with Crippen LogP contribution >= 0.6 is 0 Å². The maximum absolute atomic E-state index is 17.2. The summed E-state index contributed by atoms with van der Waals surface area (Å²) < 4.78 is 56.2. The number of aromatic nitrogens is 3. The summed E-state index contributed by atoms with van der Waals surface area (Å²) in [5.41, 5.74) is -1.41. The van der Waals surface area contributed by atoms with Crippen molar-refractivity contribution in [3.8, 4) is 28.9 Å². The predicted octanol–water partition coefficient (Wildman–Crippen LogP) is 6.25. The molecule has 8 rings (SSSR count). The second-order valence-electron chi connectivity index (χ2n) is 16.3. The van der Waals surface area contributed by atoms with Gasteiger partial charge in [-0.15, -0.1) is 0 Å². The number of piperidine rings is 1. The number of rotatable bonds is 9. The standard InChI is InChI=1S/C40H49F2N5O6/c1-38(18-26(19-38)50-3)20-46-13-7-12-40(11-6-10-29(40)46)23-53-37-44-34-31(35(45-37)47-14-15-52-22-39(2,49)21-47)36(51-4)43-33(32(34)42)27-17-25(48)16-24-8-5-9-28(41)30(24)27/h5,8-9,16-17,26,29,48-49H,6-7,10-15,18-23H2,1-4H3/t26?,29-,38?,39+,40-/m1/s1. The van der Waals surface area contributed by atoms with Crippen LogP contribution in [-0.2, 0) is 9.47 Å². The maximum Gasteiger partial charge on any atom is 0.319 e. The highest BCUT2D eigenvalue weighted by Gasteiger charge is 2.51. The Balaban J connectivity index is 1.21. The number of phenolic OH excluding ortho intramolecular Hbond substituents is 1. The highest BCUT2D eigenvalue weighted by atomic mass is 19.1.